The van der Waals surface area contributed by atoms with Crippen molar-refractivity contribution in [1.29, 1.82) is 0 Å². The van der Waals surface area contributed by atoms with Crippen LogP contribution in [-0.2, 0) is 16.6 Å². The summed E-state index contributed by atoms with van der Waals surface area (Å²) in [6.45, 7) is 4.18. The number of hydrogen-bond donors (Lipinski definition) is 0. The lowest BCUT2D eigenvalue weighted by Gasteiger charge is -2.24. The molecule has 1 aromatic rings. The van der Waals surface area contributed by atoms with Gasteiger partial charge in [-0.15, -0.1) is 8.58 Å². The van der Waals surface area contributed by atoms with E-state index in [-0.39, 0.29) is 5.41 Å². The van der Waals surface area contributed by atoms with Gasteiger partial charge in [-0.3, -0.25) is 4.79 Å². The Balaban J connectivity index is 1.62. The molecule has 1 aliphatic carbocycles. The van der Waals surface area contributed by atoms with Gasteiger partial charge in [0, 0.05) is 24.9 Å². The average Bonchev–Trinajstić information content (AvgIpc) is 3.17. The lowest BCUT2D eigenvalue weighted by Crippen LogP contribution is -2.33. The molecule has 2 fully saturated rings. The summed E-state index contributed by atoms with van der Waals surface area (Å²) in [7, 11) is 1.10. The summed E-state index contributed by atoms with van der Waals surface area (Å²) in [5.74, 6) is 0.360. The normalized spacial score (nSPS) is 20.6. The van der Waals surface area contributed by atoms with Crippen LogP contribution in [0.15, 0.2) is 24.3 Å². The van der Waals surface area contributed by atoms with Crippen molar-refractivity contribution < 1.29 is 4.79 Å². The van der Waals surface area contributed by atoms with Gasteiger partial charge in [0.1, 0.15) is 0 Å². The van der Waals surface area contributed by atoms with Crippen LogP contribution in [0.3, 0.4) is 0 Å². The monoisotopic (exact) mass is 303 g/mol. The van der Waals surface area contributed by atoms with Crippen molar-refractivity contribution in [2.45, 2.75) is 44.4 Å². The van der Waals surface area contributed by atoms with Gasteiger partial charge in [-0.25, -0.2) is 0 Å². The summed E-state index contributed by atoms with van der Waals surface area (Å²) in [5, 5.41) is 0. The zero-order valence-corrected chi connectivity index (χ0v) is 14.0. The van der Waals surface area contributed by atoms with Crippen LogP contribution in [0.4, 0.5) is 0 Å². The molecule has 1 saturated carbocycles. The smallest absolute Gasteiger partial charge is 0.222 e. The molecule has 114 valence electrons. The molecule has 0 bridgehead atoms. The highest BCUT2D eigenvalue weighted by molar-refractivity contribution is 7.37. The van der Waals surface area contributed by atoms with E-state index in [1.54, 1.807) is 0 Å². The largest absolute Gasteiger partial charge is 0.342 e. The van der Waals surface area contributed by atoms with E-state index in [2.05, 4.69) is 36.1 Å². The molecule has 0 aromatic heterocycles. The molecule has 3 rings (SSSR count). The number of likely N-dealkylation sites (tertiary alicyclic amines) is 1. The summed E-state index contributed by atoms with van der Waals surface area (Å²) >= 11 is 0. The molecule has 0 N–H and O–H groups in total. The first-order valence-corrected chi connectivity index (χ1v) is 9.73. The molecule has 21 heavy (non-hydrogen) atoms. The predicted molar refractivity (Wildman–Crippen MR) is 90.6 cm³/mol. The number of aryl methyl sites for hydroxylation is 1. The van der Waals surface area contributed by atoms with Crippen molar-refractivity contribution in [3.63, 3.8) is 0 Å². The van der Waals surface area contributed by atoms with Gasteiger partial charge in [-0.2, -0.15) is 0 Å². The molecular weight excluding hydrogens is 277 g/mol. The van der Waals surface area contributed by atoms with E-state index in [1.807, 2.05) is 0 Å². The van der Waals surface area contributed by atoms with Crippen LogP contribution in [0.5, 0.6) is 0 Å². The molecule has 2 nitrogen and oxygen atoms in total. The molecule has 3 heteroatoms. The van der Waals surface area contributed by atoms with Crippen molar-refractivity contribution in [3.05, 3.63) is 35.4 Å². The second kappa shape index (κ2) is 6.48. The minimum absolute atomic E-state index is 0.281. The summed E-state index contributed by atoms with van der Waals surface area (Å²) < 4.78 is 0. The van der Waals surface area contributed by atoms with Gasteiger partial charge >= 0.3 is 0 Å². The molecule has 1 atom stereocenters. The van der Waals surface area contributed by atoms with Crippen LogP contribution < -0.4 is 0 Å². The van der Waals surface area contributed by atoms with Crippen molar-refractivity contribution in [2.24, 2.45) is 0 Å². The van der Waals surface area contributed by atoms with E-state index in [0.717, 1.165) is 34.5 Å². The highest BCUT2D eigenvalue weighted by atomic mass is 31.1. The summed E-state index contributed by atoms with van der Waals surface area (Å²) in [6, 6.07) is 9.25. The fourth-order valence-corrected chi connectivity index (χ4v) is 4.18. The minimum atomic E-state index is 0.281. The van der Waals surface area contributed by atoms with Crippen LogP contribution in [0.1, 0.15) is 43.7 Å². The number of rotatable bonds is 7. The first-order valence-electron chi connectivity index (χ1n) is 8.31. The lowest BCUT2D eigenvalue weighted by molar-refractivity contribution is -0.128. The third-order valence-electron chi connectivity index (χ3n) is 4.93. The van der Waals surface area contributed by atoms with E-state index >= 15 is 0 Å². The van der Waals surface area contributed by atoms with E-state index in [0.29, 0.717) is 5.91 Å². The van der Waals surface area contributed by atoms with Crippen LogP contribution >= 0.6 is 8.58 Å². The third-order valence-corrected chi connectivity index (χ3v) is 6.03. The Morgan fingerprint density at radius 3 is 2.57 bits per heavy atom. The molecule has 1 unspecified atom stereocenters. The number of carbonyl (C=O) groups is 1. The average molecular weight is 303 g/mol. The molecular formula is C18H26NOP. The first-order chi connectivity index (χ1) is 10.2. The minimum Gasteiger partial charge on any atom is -0.342 e. The second-order valence-corrected chi connectivity index (χ2v) is 8.21. The standard InChI is InChI=1S/C18H26NOP/c1-2-21-13-9-15-5-7-16(8-6-15)18(10-11-18)14-19-12-3-4-17(19)20/h5-8,21H,2-4,9-14H2,1H3. The van der Waals surface area contributed by atoms with Crippen molar-refractivity contribution in [3.8, 4) is 0 Å². The number of amides is 1. The van der Waals surface area contributed by atoms with Crippen molar-refractivity contribution >= 4 is 14.5 Å². The molecule has 2 aliphatic rings. The van der Waals surface area contributed by atoms with Gasteiger partial charge in [0.05, 0.1) is 0 Å². The number of nitrogens with zero attached hydrogens (tertiary/aromatic N) is 1. The lowest BCUT2D eigenvalue weighted by atomic mass is 9.94. The van der Waals surface area contributed by atoms with Crippen molar-refractivity contribution in [2.75, 3.05) is 25.4 Å². The molecule has 1 aliphatic heterocycles. The van der Waals surface area contributed by atoms with Gasteiger partial charge in [0.2, 0.25) is 5.91 Å². The van der Waals surface area contributed by atoms with Crippen LogP contribution in [0.2, 0.25) is 0 Å². The van der Waals surface area contributed by atoms with Crippen molar-refractivity contribution in [1.82, 2.24) is 4.90 Å². The van der Waals surface area contributed by atoms with Crippen LogP contribution in [0, 0.1) is 0 Å². The zero-order valence-electron chi connectivity index (χ0n) is 13.0. The Labute approximate surface area is 130 Å². The first kappa shape index (κ1) is 15.0. The number of hydrogen-bond acceptors (Lipinski definition) is 1. The second-order valence-electron chi connectivity index (χ2n) is 6.50. The quantitative estimate of drug-likeness (QED) is 0.557. The van der Waals surface area contributed by atoms with E-state index < -0.39 is 0 Å². The van der Waals surface area contributed by atoms with E-state index in [4.69, 9.17) is 0 Å². The summed E-state index contributed by atoms with van der Waals surface area (Å²) in [4.78, 5) is 13.9. The number of carbonyl (C=O) groups excluding carboxylic acids is 1. The Kier molecular flexibility index (Phi) is 4.64. The highest BCUT2D eigenvalue weighted by Crippen LogP contribution is 2.49. The molecule has 1 aromatic carbocycles. The molecule has 0 radical (unpaired) electrons. The van der Waals surface area contributed by atoms with Gasteiger partial charge in [0.15, 0.2) is 0 Å². The Bertz CT molecular complexity index is 492. The molecule has 1 heterocycles. The fraction of sp³-hybridized carbons (Fsp3) is 0.611. The topological polar surface area (TPSA) is 20.3 Å². The van der Waals surface area contributed by atoms with E-state index in [1.165, 1.54) is 42.7 Å². The van der Waals surface area contributed by atoms with Gasteiger partial charge in [-0.05, 0) is 49.1 Å². The maximum Gasteiger partial charge on any atom is 0.222 e. The molecule has 0 spiro atoms. The predicted octanol–water partition coefficient (Wildman–Crippen LogP) is 3.58. The molecule has 1 amide bonds. The SMILES string of the molecule is CCPCCc1ccc(C2(CN3CCCC3=O)CC2)cc1. The Hall–Kier alpha value is -0.880. The van der Waals surface area contributed by atoms with Crippen LogP contribution in [-0.4, -0.2) is 36.2 Å². The highest BCUT2D eigenvalue weighted by Gasteiger charge is 2.46. The maximum atomic E-state index is 11.8. The Morgan fingerprint density at radius 2 is 2.00 bits per heavy atom. The van der Waals surface area contributed by atoms with Gasteiger partial charge in [-0.1, -0.05) is 31.2 Å². The molecule has 1 saturated heterocycles. The summed E-state index contributed by atoms with van der Waals surface area (Å²) in [5.41, 5.74) is 3.20. The number of benzene rings is 1. The Morgan fingerprint density at radius 1 is 1.24 bits per heavy atom. The zero-order chi connectivity index (χ0) is 14.7. The fourth-order valence-electron chi connectivity index (χ4n) is 3.36. The summed E-state index contributed by atoms with van der Waals surface area (Å²) in [6.07, 6.45) is 8.14. The third kappa shape index (κ3) is 3.48. The van der Waals surface area contributed by atoms with Gasteiger partial charge < -0.3 is 4.90 Å². The van der Waals surface area contributed by atoms with Crippen LogP contribution in [0.25, 0.3) is 0 Å². The maximum absolute atomic E-state index is 11.8. The van der Waals surface area contributed by atoms with Gasteiger partial charge in [0.25, 0.3) is 0 Å². The van der Waals surface area contributed by atoms with E-state index in [9.17, 15) is 4.79 Å².